The van der Waals surface area contributed by atoms with E-state index in [2.05, 4.69) is 5.32 Å². The van der Waals surface area contributed by atoms with Crippen LogP contribution in [-0.2, 0) is 14.3 Å². The van der Waals surface area contributed by atoms with Crippen LogP contribution in [-0.4, -0.2) is 71.0 Å². The lowest BCUT2D eigenvalue weighted by molar-refractivity contribution is -0.126. The SMILES string of the molecule is CC(C)(C)OC(=O)N1CCC[C@H]1C(=O)NCCN1C(=O)S/C(=C/c2ccc3c(c2)OCO3)C1=O. The number of nitrogens with one attached hydrogen (secondary N) is 1. The van der Waals surface area contributed by atoms with Crippen molar-refractivity contribution < 1.29 is 33.4 Å². The van der Waals surface area contributed by atoms with Gasteiger partial charge in [-0.1, -0.05) is 6.07 Å². The molecule has 0 saturated carbocycles. The molecule has 1 N–H and O–H groups in total. The first-order valence-corrected chi connectivity index (χ1v) is 11.9. The highest BCUT2D eigenvalue weighted by Gasteiger charge is 2.38. The van der Waals surface area contributed by atoms with Crippen LogP contribution in [0, 0.1) is 0 Å². The topological polar surface area (TPSA) is 114 Å². The van der Waals surface area contributed by atoms with Gasteiger partial charge >= 0.3 is 6.09 Å². The second-order valence-corrected chi connectivity index (χ2v) is 10.1. The maximum atomic E-state index is 12.7. The molecule has 0 bridgehead atoms. The molecule has 0 radical (unpaired) electrons. The van der Waals surface area contributed by atoms with Gasteiger partial charge in [-0.05, 0) is 69.1 Å². The zero-order chi connectivity index (χ0) is 24.5. The van der Waals surface area contributed by atoms with Crippen LogP contribution in [0.4, 0.5) is 9.59 Å². The van der Waals surface area contributed by atoms with Crippen molar-refractivity contribution in [3.8, 4) is 11.5 Å². The van der Waals surface area contributed by atoms with Gasteiger partial charge in [0.05, 0.1) is 4.91 Å². The predicted octanol–water partition coefficient (Wildman–Crippen LogP) is 2.97. The molecule has 3 aliphatic rings. The van der Waals surface area contributed by atoms with Gasteiger partial charge in [-0.15, -0.1) is 0 Å². The van der Waals surface area contributed by atoms with E-state index in [1.54, 1.807) is 45.0 Å². The molecule has 2 saturated heterocycles. The largest absolute Gasteiger partial charge is 0.454 e. The van der Waals surface area contributed by atoms with E-state index in [9.17, 15) is 19.2 Å². The average Bonchev–Trinajstić information content (AvgIpc) is 3.48. The summed E-state index contributed by atoms with van der Waals surface area (Å²) in [6.45, 7) is 6.03. The summed E-state index contributed by atoms with van der Waals surface area (Å²) in [6.07, 6.45) is 2.34. The molecular formula is C23H27N3O7S. The van der Waals surface area contributed by atoms with Gasteiger partial charge in [0, 0.05) is 19.6 Å². The summed E-state index contributed by atoms with van der Waals surface area (Å²) in [4.78, 5) is 53.0. The summed E-state index contributed by atoms with van der Waals surface area (Å²) in [5, 5.41) is 2.34. The molecule has 1 aromatic carbocycles. The number of rotatable bonds is 5. The number of carbonyl (C=O) groups is 4. The highest BCUT2D eigenvalue weighted by molar-refractivity contribution is 8.18. The number of amides is 4. The van der Waals surface area contributed by atoms with E-state index in [0.29, 0.717) is 41.4 Å². The van der Waals surface area contributed by atoms with Crippen molar-refractivity contribution in [2.45, 2.75) is 45.3 Å². The van der Waals surface area contributed by atoms with Crippen molar-refractivity contribution in [3.05, 3.63) is 28.7 Å². The Morgan fingerprint density at radius 1 is 1.24 bits per heavy atom. The number of hydrogen-bond acceptors (Lipinski definition) is 8. The lowest BCUT2D eigenvalue weighted by atomic mass is 10.2. The summed E-state index contributed by atoms with van der Waals surface area (Å²) < 4.78 is 16.0. The molecule has 0 aliphatic carbocycles. The van der Waals surface area contributed by atoms with Gasteiger partial charge < -0.3 is 19.5 Å². The molecule has 0 spiro atoms. The number of nitrogens with zero attached hydrogens (tertiary/aromatic N) is 2. The van der Waals surface area contributed by atoms with Crippen molar-refractivity contribution in [2.24, 2.45) is 0 Å². The molecular weight excluding hydrogens is 462 g/mol. The van der Waals surface area contributed by atoms with E-state index < -0.39 is 28.9 Å². The van der Waals surface area contributed by atoms with E-state index in [1.807, 2.05) is 0 Å². The van der Waals surface area contributed by atoms with Gasteiger partial charge in [-0.3, -0.25) is 24.2 Å². The molecule has 4 rings (SSSR count). The van der Waals surface area contributed by atoms with Crippen molar-refractivity contribution in [1.82, 2.24) is 15.1 Å². The second-order valence-electron chi connectivity index (χ2n) is 9.07. The molecule has 2 fully saturated rings. The Morgan fingerprint density at radius 3 is 2.76 bits per heavy atom. The Hall–Kier alpha value is -3.21. The van der Waals surface area contributed by atoms with E-state index in [-0.39, 0.29) is 25.8 Å². The van der Waals surface area contributed by atoms with Gasteiger partial charge in [0.15, 0.2) is 11.5 Å². The fraction of sp³-hybridized carbons (Fsp3) is 0.478. The van der Waals surface area contributed by atoms with Crippen LogP contribution in [0.15, 0.2) is 23.1 Å². The third kappa shape index (κ3) is 5.30. The molecule has 3 heterocycles. The van der Waals surface area contributed by atoms with Crippen LogP contribution in [0.5, 0.6) is 11.5 Å². The minimum absolute atomic E-state index is 0.0358. The summed E-state index contributed by atoms with van der Waals surface area (Å²) in [5.74, 6) is 0.473. The van der Waals surface area contributed by atoms with E-state index in [1.165, 1.54) is 4.90 Å². The second kappa shape index (κ2) is 9.57. The van der Waals surface area contributed by atoms with E-state index in [0.717, 1.165) is 16.7 Å². The average molecular weight is 490 g/mol. The number of hydrogen-bond donors (Lipinski definition) is 1. The van der Waals surface area contributed by atoms with Gasteiger partial charge in [-0.2, -0.15) is 0 Å². The first kappa shape index (κ1) is 23.9. The lowest BCUT2D eigenvalue weighted by Gasteiger charge is -2.28. The number of fused-ring (bicyclic) bond motifs is 1. The van der Waals surface area contributed by atoms with Crippen molar-refractivity contribution in [3.63, 3.8) is 0 Å². The molecule has 1 atom stereocenters. The summed E-state index contributed by atoms with van der Waals surface area (Å²) in [7, 11) is 0. The number of ether oxygens (including phenoxy) is 3. The van der Waals surface area contributed by atoms with Gasteiger partial charge in [-0.25, -0.2) is 4.79 Å². The third-order valence-electron chi connectivity index (χ3n) is 5.39. The summed E-state index contributed by atoms with van der Waals surface area (Å²) in [5.41, 5.74) is 0.0623. The Morgan fingerprint density at radius 2 is 2.00 bits per heavy atom. The standard InChI is InChI=1S/C23H27N3O7S/c1-23(2,3)33-21(29)25-9-4-5-15(25)19(27)24-8-10-26-20(28)18(34-22(26)30)12-14-6-7-16-17(11-14)32-13-31-16/h6-7,11-12,15H,4-5,8-10,13H2,1-3H3,(H,24,27)/b18-12+/t15-/m0/s1. The number of benzene rings is 1. The van der Waals surface area contributed by atoms with Crippen LogP contribution in [0.25, 0.3) is 6.08 Å². The quantitative estimate of drug-likeness (QED) is 0.628. The van der Waals surface area contributed by atoms with Crippen LogP contribution >= 0.6 is 11.8 Å². The molecule has 182 valence electrons. The maximum absolute atomic E-state index is 12.7. The van der Waals surface area contributed by atoms with Crippen LogP contribution in [0.3, 0.4) is 0 Å². The summed E-state index contributed by atoms with van der Waals surface area (Å²) in [6, 6.07) is 4.64. The monoisotopic (exact) mass is 489 g/mol. The number of thioether (sulfide) groups is 1. The van der Waals surface area contributed by atoms with Gasteiger partial charge in [0.2, 0.25) is 12.7 Å². The zero-order valence-corrected chi connectivity index (χ0v) is 20.1. The minimum atomic E-state index is -0.652. The fourth-order valence-electron chi connectivity index (χ4n) is 3.83. The first-order valence-electron chi connectivity index (χ1n) is 11.0. The normalized spacial score (nSPS) is 20.9. The van der Waals surface area contributed by atoms with Crippen molar-refractivity contribution in [2.75, 3.05) is 26.4 Å². The van der Waals surface area contributed by atoms with Crippen molar-refractivity contribution in [1.29, 1.82) is 0 Å². The molecule has 10 nitrogen and oxygen atoms in total. The molecule has 0 aromatic heterocycles. The minimum Gasteiger partial charge on any atom is -0.454 e. The van der Waals surface area contributed by atoms with E-state index in [4.69, 9.17) is 14.2 Å². The Balaban J connectivity index is 1.31. The van der Waals surface area contributed by atoms with Crippen LogP contribution in [0.2, 0.25) is 0 Å². The molecule has 34 heavy (non-hydrogen) atoms. The Bertz CT molecular complexity index is 1050. The van der Waals surface area contributed by atoms with Crippen molar-refractivity contribution >= 4 is 41.0 Å². The number of likely N-dealkylation sites (tertiary alicyclic amines) is 1. The first-order chi connectivity index (χ1) is 16.1. The predicted molar refractivity (Wildman–Crippen MR) is 124 cm³/mol. The fourth-order valence-corrected chi connectivity index (χ4v) is 4.70. The zero-order valence-electron chi connectivity index (χ0n) is 19.3. The third-order valence-corrected chi connectivity index (χ3v) is 6.29. The van der Waals surface area contributed by atoms with E-state index >= 15 is 0 Å². The van der Waals surface area contributed by atoms with Crippen LogP contribution in [0.1, 0.15) is 39.2 Å². The lowest BCUT2D eigenvalue weighted by Crippen LogP contribution is -2.49. The molecule has 0 unspecified atom stereocenters. The molecule has 1 aromatic rings. The van der Waals surface area contributed by atoms with Crippen LogP contribution < -0.4 is 14.8 Å². The molecule has 3 aliphatic heterocycles. The highest BCUT2D eigenvalue weighted by atomic mass is 32.2. The Labute approximate surface area is 201 Å². The number of carbonyl (C=O) groups excluding carboxylic acids is 4. The molecule has 4 amide bonds. The number of imide groups is 1. The smallest absolute Gasteiger partial charge is 0.410 e. The molecule has 11 heteroatoms. The maximum Gasteiger partial charge on any atom is 0.410 e. The van der Waals surface area contributed by atoms with Gasteiger partial charge in [0.1, 0.15) is 11.6 Å². The Kier molecular flexibility index (Phi) is 6.74. The highest BCUT2D eigenvalue weighted by Crippen LogP contribution is 2.36. The summed E-state index contributed by atoms with van der Waals surface area (Å²) >= 11 is 0.848. The van der Waals surface area contributed by atoms with Gasteiger partial charge in [0.25, 0.3) is 11.1 Å².